The molecule has 0 aliphatic heterocycles. The monoisotopic (exact) mass is 304 g/mol. The summed E-state index contributed by atoms with van der Waals surface area (Å²) in [5, 5.41) is 10.6. The second kappa shape index (κ2) is 5.65. The molecule has 20 heavy (non-hydrogen) atoms. The van der Waals surface area contributed by atoms with Crippen molar-refractivity contribution in [2.45, 2.75) is 6.61 Å². The summed E-state index contributed by atoms with van der Waals surface area (Å²) in [6.07, 6.45) is 0. The van der Waals surface area contributed by atoms with Crippen LogP contribution in [0, 0.1) is 0 Å². The molecule has 0 amide bonds. The Morgan fingerprint density at radius 3 is 2.50 bits per heavy atom. The van der Waals surface area contributed by atoms with Gasteiger partial charge in [0.15, 0.2) is 5.15 Å². The van der Waals surface area contributed by atoms with E-state index < -0.39 is 0 Å². The summed E-state index contributed by atoms with van der Waals surface area (Å²) in [7, 11) is 0. The normalized spacial score (nSPS) is 10.7. The lowest BCUT2D eigenvalue weighted by Gasteiger charge is -2.08. The zero-order valence-corrected chi connectivity index (χ0v) is 11.9. The Kier molecular flexibility index (Phi) is 3.72. The number of rotatable bonds is 3. The van der Waals surface area contributed by atoms with Crippen LogP contribution in [0.3, 0.4) is 0 Å². The number of halogens is 2. The number of aromatic nitrogens is 2. The second-order valence-corrected chi connectivity index (χ2v) is 5.05. The first-order valence-electron chi connectivity index (χ1n) is 6.02. The van der Waals surface area contributed by atoms with Gasteiger partial charge in [0.25, 0.3) is 0 Å². The van der Waals surface area contributed by atoms with E-state index in [1.165, 1.54) is 0 Å². The van der Waals surface area contributed by atoms with E-state index in [0.29, 0.717) is 22.7 Å². The first-order valence-corrected chi connectivity index (χ1v) is 6.78. The van der Waals surface area contributed by atoms with Crippen molar-refractivity contribution in [2.24, 2.45) is 0 Å². The van der Waals surface area contributed by atoms with Crippen LogP contribution in [0.4, 0.5) is 0 Å². The minimum atomic E-state index is 0.371. The second-order valence-electron chi connectivity index (χ2n) is 4.26. The molecule has 3 aromatic rings. The van der Waals surface area contributed by atoms with Gasteiger partial charge in [-0.1, -0.05) is 53.5 Å². The minimum absolute atomic E-state index is 0.371. The molecule has 5 heteroatoms. The molecule has 0 unspecified atom stereocenters. The van der Waals surface area contributed by atoms with E-state index in [2.05, 4.69) is 10.2 Å². The van der Waals surface area contributed by atoms with Gasteiger partial charge in [0.2, 0.25) is 5.88 Å². The van der Waals surface area contributed by atoms with Crippen LogP contribution in [0.5, 0.6) is 5.88 Å². The molecular formula is C15H10Cl2N2O. The number of ether oxygens (including phenoxy) is 1. The van der Waals surface area contributed by atoms with Crippen LogP contribution >= 0.6 is 23.2 Å². The van der Waals surface area contributed by atoms with Crippen LogP contribution in [0.1, 0.15) is 5.56 Å². The van der Waals surface area contributed by atoms with Crippen LogP contribution in [0.2, 0.25) is 10.2 Å². The zero-order valence-electron chi connectivity index (χ0n) is 10.4. The van der Waals surface area contributed by atoms with Gasteiger partial charge in [-0.2, -0.15) is 0 Å². The first-order chi connectivity index (χ1) is 9.74. The van der Waals surface area contributed by atoms with Crippen molar-refractivity contribution >= 4 is 34.0 Å². The van der Waals surface area contributed by atoms with Gasteiger partial charge in [0.1, 0.15) is 6.61 Å². The SMILES string of the molecule is Clc1cccc(COc2nnc(Cl)c3ccccc23)c1. The minimum Gasteiger partial charge on any atom is -0.471 e. The molecule has 1 heterocycles. The molecule has 3 rings (SSSR count). The zero-order chi connectivity index (χ0) is 13.9. The van der Waals surface area contributed by atoms with Crippen LogP contribution in [0.15, 0.2) is 48.5 Å². The third kappa shape index (κ3) is 2.69. The molecule has 3 nitrogen and oxygen atoms in total. The van der Waals surface area contributed by atoms with E-state index in [-0.39, 0.29) is 0 Å². The van der Waals surface area contributed by atoms with Gasteiger partial charge >= 0.3 is 0 Å². The Morgan fingerprint density at radius 2 is 1.70 bits per heavy atom. The van der Waals surface area contributed by atoms with Gasteiger partial charge in [0.05, 0.1) is 0 Å². The highest BCUT2D eigenvalue weighted by Crippen LogP contribution is 2.27. The van der Waals surface area contributed by atoms with Gasteiger partial charge in [0, 0.05) is 15.8 Å². The molecule has 0 bridgehead atoms. The fourth-order valence-electron chi connectivity index (χ4n) is 1.93. The maximum absolute atomic E-state index is 6.02. The molecular weight excluding hydrogens is 295 g/mol. The first kappa shape index (κ1) is 13.2. The van der Waals surface area contributed by atoms with Crippen LogP contribution in [-0.2, 0) is 6.61 Å². The van der Waals surface area contributed by atoms with Gasteiger partial charge in [-0.05, 0) is 23.8 Å². The number of fused-ring (bicyclic) bond motifs is 1. The summed E-state index contributed by atoms with van der Waals surface area (Å²) < 4.78 is 5.72. The molecule has 0 saturated carbocycles. The number of nitrogens with zero attached hydrogens (tertiary/aromatic N) is 2. The van der Waals surface area contributed by atoms with Crippen molar-refractivity contribution in [1.29, 1.82) is 0 Å². The van der Waals surface area contributed by atoms with Gasteiger partial charge in [-0.25, -0.2) is 0 Å². The van der Waals surface area contributed by atoms with Crippen molar-refractivity contribution in [2.75, 3.05) is 0 Å². The third-order valence-electron chi connectivity index (χ3n) is 2.87. The van der Waals surface area contributed by atoms with Crippen molar-refractivity contribution in [3.05, 3.63) is 64.3 Å². The summed E-state index contributed by atoms with van der Waals surface area (Å²) in [6, 6.07) is 15.1. The van der Waals surface area contributed by atoms with E-state index in [1.807, 2.05) is 48.5 Å². The number of hydrogen-bond acceptors (Lipinski definition) is 3. The summed E-state index contributed by atoms with van der Waals surface area (Å²) in [6.45, 7) is 0.376. The molecule has 0 radical (unpaired) electrons. The fourth-order valence-corrected chi connectivity index (χ4v) is 2.35. The average molecular weight is 305 g/mol. The van der Waals surface area contributed by atoms with E-state index in [0.717, 1.165) is 16.3 Å². The number of benzene rings is 2. The Hall–Kier alpha value is -1.84. The highest BCUT2D eigenvalue weighted by molar-refractivity contribution is 6.34. The quantitative estimate of drug-likeness (QED) is 0.714. The molecule has 0 fully saturated rings. The molecule has 0 spiro atoms. The van der Waals surface area contributed by atoms with E-state index >= 15 is 0 Å². The maximum Gasteiger partial charge on any atom is 0.241 e. The van der Waals surface area contributed by atoms with Crippen LogP contribution in [-0.4, -0.2) is 10.2 Å². The lowest BCUT2D eigenvalue weighted by molar-refractivity contribution is 0.294. The molecule has 0 N–H and O–H groups in total. The molecule has 0 aliphatic rings. The Labute approximate surface area is 126 Å². The lowest BCUT2D eigenvalue weighted by Crippen LogP contribution is -1.99. The topological polar surface area (TPSA) is 35.0 Å². The molecule has 1 aromatic heterocycles. The predicted molar refractivity (Wildman–Crippen MR) is 80.3 cm³/mol. The lowest BCUT2D eigenvalue weighted by atomic mass is 10.2. The maximum atomic E-state index is 6.02. The molecule has 0 aliphatic carbocycles. The Morgan fingerprint density at radius 1 is 0.900 bits per heavy atom. The largest absolute Gasteiger partial charge is 0.471 e. The number of hydrogen-bond donors (Lipinski definition) is 0. The molecule has 0 atom stereocenters. The van der Waals surface area contributed by atoms with Gasteiger partial charge in [-0.15, -0.1) is 10.2 Å². The third-order valence-corrected chi connectivity index (χ3v) is 3.39. The van der Waals surface area contributed by atoms with E-state index in [1.54, 1.807) is 0 Å². The molecule has 100 valence electrons. The standard InChI is InChI=1S/C15H10Cl2N2O/c16-11-5-3-4-10(8-11)9-20-15-13-7-2-1-6-12(13)14(17)18-19-15/h1-8H,9H2. The fraction of sp³-hybridized carbons (Fsp3) is 0.0667. The Balaban J connectivity index is 1.90. The summed E-state index contributed by atoms with van der Waals surface area (Å²) in [4.78, 5) is 0. The molecule has 0 saturated heterocycles. The van der Waals surface area contributed by atoms with E-state index in [9.17, 15) is 0 Å². The van der Waals surface area contributed by atoms with Crippen LogP contribution < -0.4 is 4.74 Å². The summed E-state index contributed by atoms with van der Waals surface area (Å²) in [5.41, 5.74) is 0.971. The van der Waals surface area contributed by atoms with E-state index in [4.69, 9.17) is 27.9 Å². The van der Waals surface area contributed by atoms with Crippen molar-refractivity contribution in [3.8, 4) is 5.88 Å². The highest BCUT2D eigenvalue weighted by Gasteiger charge is 2.08. The van der Waals surface area contributed by atoms with Crippen molar-refractivity contribution in [3.63, 3.8) is 0 Å². The van der Waals surface area contributed by atoms with Crippen molar-refractivity contribution in [1.82, 2.24) is 10.2 Å². The Bertz CT molecular complexity index is 762. The highest BCUT2D eigenvalue weighted by atomic mass is 35.5. The smallest absolute Gasteiger partial charge is 0.241 e. The van der Waals surface area contributed by atoms with Gasteiger partial charge < -0.3 is 4.74 Å². The predicted octanol–water partition coefficient (Wildman–Crippen LogP) is 4.52. The molecule has 2 aromatic carbocycles. The van der Waals surface area contributed by atoms with Crippen molar-refractivity contribution < 1.29 is 4.74 Å². The van der Waals surface area contributed by atoms with Gasteiger partial charge in [-0.3, -0.25) is 0 Å². The summed E-state index contributed by atoms with van der Waals surface area (Å²) in [5.74, 6) is 0.463. The van der Waals surface area contributed by atoms with Crippen LogP contribution in [0.25, 0.3) is 10.8 Å². The average Bonchev–Trinajstić information content (AvgIpc) is 2.47. The summed E-state index contributed by atoms with van der Waals surface area (Å²) >= 11 is 12.0.